The van der Waals surface area contributed by atoms with E-state index in [1.54, 1.807) is 17.8 Å². The first-order valence-corrected chi connectivity index (χ1v) is 3.90. The summed E-state index contributed by atoms with van der Waals surface area (Å²) in [7, 11) is 0. The van der Waals surface area contributed by atoms with E-state index in [-0.39, 0.29) is 6.61 Å². The molecule has 1 rings (SSSR count). The first kappa shape index (κ1) is 9.15. The van der Waals surface area contributed by atoms with Crippen molar-refractivity contribution in [2.75, 3.05) is 6.61 Å². The van der Waals surface area contributed by atoms with Crippen molar-refractivity contribution in [3.8, 4) is 0 Å². The molecule has 1 heterocycles. The lowest BCUT2D eigenvalue weighted by Crippen LogP contribution is -2.04. The van der Waals surface area contributed by atoms with E-state index < -0.39 is 6.10 Å². The molecule has 1 unspecified atom stereocenters. The minimum atomic E-state index is -0.399. The van der Waals surface area contributed by atoms with E-state index in [0.29, 0.717) is 13.0 Å². The number of hydrogen-bond acceptors (Lipinski definition) is 4. The van der Waals surface area contributed by atoms with Gasteiger partial charge in [0.2, 0.25) is 0 Å². The summed E-state index contributed by atoms with van der Waals surface area (Å²) in [6.07, 6.45) is 1.83. The van der Waals surface area contributed by atoms with E-state index in [1.165, 1.54) is 0 Å². The molecule has 1 atom stereocenters. The second kappa shape index (κ2) is 4.18. The van der Waals surface area contributed by atoms with Crippen molar-refractivity contribution in [1.29, 1.82) is 0 Å². The molecule has 0 saturated heterocycles. The number of aliphatic hydroxyl groups excluding tert-OH is 2. The second-order valence-electron chi connectivity index (χ2n) is 2.75. The van der Waals surface area contributed by atoms with Crippen LogP contribution in [0.4, 0.5) is 0 Å². The highest BCUT2D eigenvalue weighted by Gasteiger charge is 2.03. The summed E-state index contributed by atoms with van der Waals surface area (Å²) in [6.45, 7) is 2.20. The van der Waals surface area contributed by atoms with Crippen LogP contribution in [0.25, 0.3) is 0 Å². The van der Waals surface area contributed by atoms with Crippen molar-refractivity contribution in [2.24, 2.45) is 0 Å². The molecule has 0 spiro atoms. The van der Waals surface area contributed by atoms with Crippen molar-refractivity contribution in [1.82, 2.24) is 15.0 Å². The second-order valence-corrected chi connectivity index (χ2v) is 2.75. The summed E-state index contributed by atoms with van der Waals surface area (Å²) in [4.78, 5) is 0. The fraction of sp³-hybridized carbons (Fsp3) is 0.714. The number of rotatable bonds is 4. The summed E-state index contributed by atoms with van der Waals surface area (Å²) < 4.78 is 1.55. The van der Waals surface area contributed by atoms with Crippen molar-refractivity contribution in [3.63, 3.8) is 0 Å². The molecule has 1 aromatic rings. The Morgan fingerprint density at radius 3 is 3.00 bits per heavy atom. The molecule has 5 nitrogen and oxygen atoms in total. The minimum absolute atomic E-state index is 0.0531. The van der Waals surface area contributed by atoms with Crippen LogP contribution in [0, 0.1) is 0 Å². The van der Waals surface area contributed by atoms with Crippen molar-refractivity contribution >= 4 is 0 Å². The monoisotopic (exact) mass is 171 g/mol. The summed E-state index contributed by atoms with van der Waals surface area (Å²) in [5.41, 5.74) is 0.749. The van der Waals surface area contributed by atoms with Crippen molar-refractivity contribution < 1.29 is 10.2 Å². The van der Waals surface area contributed by atoms with E-state index in [1.807, 2.05) is 0 Å². The Labute approximate surface area is 70.6 Å². The van der Waals surface area contributed by atoms with Crippen LogP contribution in [0.15, 0.2) is 6.20 Å². The highest BCUT2D eigenvalue weighted by Crippen LogP contribution is 1.97. The quantitative estimate of drug-likeness (QED) is 0.621. The van der Waals surface area contributed by atoms with Gasteiger partial charge in [-0.25, -0.2) is 4.68 Å². The summed E-state index contributed by atoms with van der Waals surface area (Å²) in [5, 5.41) is 25.2. The van der Waals surface area contributed by atoms with Crippen molar-refractivity contribution in [3.05, 3.63) is 11.9 Å². The lowest BCUT2D eigenvalue weighted by molar-refractivity contribution is 0.194. The Morgan fingerprint density at radius 1 is 1.67 bits per heavy atom. The topological polar surface area (TPSA) is 71.2 Å². The maximum atomic E-state index is 9.02. The Balaban J connectivity index is 2.52. The van der Waals surface area contributed by atoms with E-state index in [0.717, 1.165) is 5.69 Å². The van der Waals surface area contributed by atoms with Crippen LogP contribution in [-0.4, -0.2) is 37.9 Å². The SMILES string of the molecule is CC(O)Cc1cn(CCO)nn1. The maximum Gasteiger partial charge on any atom is 0.0852 e. The molecular weight excluding hydrogens is 158 g/mol. The number of hydrogen-bond donors (Lipinski definition) is 2. The van der Waals surface area contributed by atoms with Gasteiger partial charge in [-0.3, -0.25) is 0 Å². The highest BCUT2D eigenvalue weighted by molar-refractivity contribution is 4.93. The largest absolute Gasteiger partial charge is 0.394 e. The lowest BCUT2D eigenvalue weighted by atomic mass is 10.2. The van der Waals surface area contributed by atoms with Gasteiger partial charge in [0, 0.05) is 12.6 Å². The van der Waals surface area contributed by atoms with Gasteiger partial charge in [0.25, 0.3) is 0 Å². The molecule has 0 bridgehead atoms. The third-order valence-corrected chi connectivity index (χ3v) is 1.42. The lowest BCUT2D eigenvalue weighted by Gasteiger charge is -1.97. The molecule has 0 aromatic carbocycles. The average Bonchev–Trinajstić information content (AvgIpc) is 2.36. The van der Waals surface area contributed by atoms with Crippen LogP contribution in [0.2, 0.25) is 0 Å². The molecule has 0 aliphatic carbocycles. The summed E-state index contributed by atoms with van der Waals surface area (Å²) >= 11 is 0. The van der Waals surface area contributed by atoms with Gasteiger partial charge in [-0.2, -0.15) is 0 Å². The van der Waals surface area contributed by atoms with E-state index in [2.05, 4.69) is 10.3 Å². The highest BCUT2D eigenvalue weighted by atomic mass is 16.3. The zero-order valence-electron chi connectivity index (χ0n) is 7.01. The maximum absolute atomic E-state index is 9.02. The average molecular weight is 171 g/mol. The fourth-order valence-electron chi connectivity index (χ4n) is 0.946. The molecule has 0 amide bonds. The molecule has 12 heavy (non-hydrogen) atoms. The zero-order chi connectivity index (χ0) is 8.97. The normalized spacial score (nSPS) is 13.2. The Morgan fingerprint density at radius 2 is 2.42 bits per heavy atom. The molecule has 2 N–H and O–H groups in total. The Bertz CT molecular complexity index is 234. The van der Waals surface area contributed by atoms with E-state index in [4.69, 9.17) is 10.2 Å². The fourth-order valence-corrected chi connectivity index (χ4v) is 0.946. The van der Waals surface area contributed by atoms with Gasteiger partial charge in [-0.15, -0.1) is 5.10 Å². The molecule has 0 radical (unpaired) electrons. The number of aliphatic hydroxyl groups is 2. The van der Waals surface area contributed by atoms with Gasteiger partial charge in [-0.1, -0.05) is 5.21 Å². The zero-order valence-corrected chi connectivity index (χ0v) is 7.01. The van der Waals surface area contributed by atoms with Gasteiger partial charge in [0.15, 0.2) is 0 Å². The predicted molar refractivity (Wildman–Crippen MR) is 42.5 cm³/mol. The summed E-state index contributed by atoms with van der Waals surface area (Å²) in [5.74, 6) is 0. The van der Waals surface area contributed by atoms with Crippen LogP contribution in [0.3, 0.4) is 0 Å². The Hall–Kier alpha value is -0.940. The van der Waals surface area contributed by atoms with Crippen LogP contribution >= 0.6 is 0 Å². The molecule has 0 fully saturated rings. The smallest absolute Gasteiger partial charge is 0.0852 e. The molecular formula is C7H13N3O2. The van der Waals surface area contributed by atoms with Gasteiger partial charge in [-0.05, 0) is 6.92 Å². The predicted octanol–water partition coefficient (Wildman–Crippen LogP) is -0.806. The molecule has 0 aliphatic rings. The summed E-state index contributed by atoms with van der Waals surface area (Å²) in [6, 6.07) is 0. The number of nitrogens with zero attached hydrogens (tertiary/aromatic N) is 3. The van der Waals surface area contributed by atoms with Crippen LogP contribution in [0.1, 0.15) is 12.6 Å². The molecule has 1 aromatic heterocycles. The van der Waals surface area contributed by atoms with E-state index >= 15 is 0 Å². The first-order chi connectivity index (χ1) is 5.72. The molecule has 68 valence electrons. The van der Waals surface area contributed by atoms with Gasteiger partial charge >= 0.3 is 0 Å². The third kappa shape index (κ3) is 2.60. The molecule has 5 heteroatoms. The Kier molecular flexibility index (Phi) is 3.19. The molecule has 0 saturated carbocycles. The standard InChI is InChI=1S/C7H13N3O2/c1-6(12)4-7-5-10(2-3-11)9-8-7/h5-6,11-12H,2-4H2,1H3. The minimum Gasteiger partial charge on any atom is -0.394 e. The number of aromatic nitrogens is 3. The third-order valence-electron chi connectivity index (χ3n) is 1.42. The van der Waals surface area contributed by atoms with Crippen LogP contribution in [-0.2, 0) is 13.0 Å². The van der Waals surface area contributed by atoms with Crippen molar-refractivity contribution in [2.45, 2.75) is 26.0 Å². The van der Waals surface area contributed by atoms with Gasteiger partial charge in [0.05, 0.1) is 24.9 Å². The van der Waals surface area contributed by atoms with Gasteiger partial charge < -0.3 is 10.2 Å². The molecule has 0 aliphatic heterocycles. The van der Waals surface area contributed by atoms with E-state index in [9.17, 15) is 0 Å². The van der Waals surface area contributed by atoms with Crippen LogP contribution < -0.4 is 0 Å². The van der Waals surface area contributed by atoms with Crippen LogP contribution in [0.5, 0.6) is 0 Å². The first-order valence-electron chi connectivity index (χ1n) is 3.90. The van der Waals surface area contributed by atoms with Gasteiger partial charge in [0.1, 0.15) is 0 Å².